The van der Waals surface area contributed by atoms with Gasteiger partial charge in [-0.1, -0.05) is 6.92 Å². The van der Waals surface area contributed by atoms with Crippen molar-refractivity contribution in [2.24, 2.45) is 0 Å². The molecule has 0 aromatic rings. The Morgan fingerprint density at radius 1 is 1.21 bits per heavy atom. The van der Waals surface area contributed by atoms with E-state index in [0.717, 1.165) is 12.7 Å². The lowest BCUT2D eigenvalue weighted by atomic mass is 10.1. The molecule has 0 aromatic carbocycles. The molecule has 110 valence electrons. The Labute approximate surface area is 112 Å². The number of carboxylic acid groups (broad SMARTS) is 1. The van der Waals surface area contributed by atoms with Gasteiger partial charge in [-0.2, -0.15) is 4.89 Å². The SMILES string of the molecule is CCC(C)(C)OOC=C(C)C(=O)OCCOC(=O)O. The van der Waals surface area contributed by atoms with E-state index in [1.54, 1.807) is 0 Å². The number of hydrogen-bond donors (Lipinski definition) is 1. The number of carbonyl (C=O) groups excluding carboxylic acids is 1. The van der Waals surface area contributed by atoms with Gasteiger partial charge in [0.15, 0.2) is 0 Å². The summed E-state index contributed by atoms with van der Waals surface area (Å²) in [6.07, 6.45) is 0.469. The molecule has 7 nitrogen and oxygen atoms in total. The maximum absolute atomic E-state index is 11.4. The standard InChI is InChI=1S/C12H20O7/c1-5-12(3,4)19-18-8-9(2)10(13)16-6-7-17-11(14)15/h8H,5-7H2,1-4H3,(H,14,15). The Morgan fingerprint density at radius 2 is 1.79 bits per heavy atom. The van der Waals surface area contributed by atoms with Crippen LogP contribution < -0.4 is 0 Å². The highest BCUT2D eigenvalue weighted by molar-refractivity contribution is 5.87. The Hall–Kier alpha value is -1.76. The quantitative estimate of drug-likeness (QED) is 0.181. The van der Waals surface area contributed by atoms with Gasteiger partial charge in [0, 0.05) is 0 Å². The summed E-state index contributed by atoms with van der Waals surface area (Å²) >= 11 is 0. The lowest BCUT2D eigenvalue weighted by Gasteiger charge is -2.20. The lowest BCUT2D eigenvalue weighted by molar-refractivity contribution is -0.317. The Balaban J connectivity index is 3.95. The summed E-state index contributed by atoms with van der Waals surface area (Å²) in [5, 5.41) is 8.19. The number of hydrogen-bond acceptors (Lipinski definition) is 6. The zero-order valence-corrected chi connectivity index (χ0v) is 11.6. The van der Waals surface area contributed by atoms with Crippen molar-refractivity contribution < 1.29 is 33.9 Å². The van der Waals surface area contributed by atoms with Crippen molar-refractivity contribution in [3.63, 3.8) is 0 Å². The highest BCUT2D eigenvalue weighted by Crippen LogP contribution is 2.14. The Bertz CT molecular complexity index is 333. The van der Waals surface area contributed by atoms with Gasteiger partial charge in [-0.25, -0.2) is 9.59 Å². The van der Waals surface area contributed by atoms with Gasteiger partial charge < -0.3 is 19.5 Å². The van der Waals surface area contributed by atoms with Crippen LogP contribution in [0.5, 0.6) is 0 Å². The van der Waals surface area contributed by atoms with Crippen LogP contribution in [0.15, 0.2) is 11.8 Å². The predicted octanol–water partition coefficient (Wildman–Crippen LogP) is 2.26. The first-order chi connectivity index (χ1) is 8.78. The van der Waals surface area contributed by atoms with E-state index in [4.69, 9.17) is 19.6 Å². The van der Waals surface area contributed by atoms with Crippen LogP contribution in [0, 0.1) is 0 Å². The third-order valence-electron chi connectivity index (χ3n) is 2.21. The van der Waals surface area contributed by atoms with Crippen molar-refractivity contribution >= 4 is 12.1 Å². The van der Waals surface area contributed by atoms with Crippen molar-refractivity contribution in [3.8, 4) is 0 Å². The molecule has 0 saturated carbocycles. The third kappa shape index (κ3) is 8.90. The molecule has 0 aliphatic carbocycles. The van der Waals surface area contributed by atoms with Crippen molar-refractivity contribution in [2.75, 3.05) is 13.2 Å². The molecule has 0 spiro atoms. The summed E-state index contributed by atoms with van der Waals surface area (Å²) in [6.45, 7) is 6.75. The van der Waals surface area contributed by atoms with E-state index >= 15 is 0 Å². The van der Waals surface area contributed by atoms with Gasteiger partial charge in [-0.05, 0) is 27.2 Å². The van der Waals surface area contributed by atoms with E-state index in [1.165, 1.54) is 6.92 Å². The van der Waals surface area contributed by atoms with E-state index in [0.29, 0.717) is 0 Å². The van der Waals surface area contributed by atoms with Gasteiger partial charge in [0.1, 0.15) is 25.1 Å². The Morgan fingerprint density at radius 3 is 2.32 bits per heavy atom. The molecule has 0 rings (SSSR count). The second-order valence-corrected chi connectivity index (χ2v) is 4.34. The minimum atomic E-state index is -1.41. The molecule has 0 fully saturated rings. The fourth-order valence-electron chi connectivity index (χ4n) is 0.711. The fraction of sp³-hybridized carbons (Fsp3) is 0.667. The molecule has 0 bridgehead atoms. The zero-order chi connectivity index (χ0) is 14.9. The van der Waals surface area contributed by atoms with Crippen molar-refractivity contribution in [1.29, 1.82) is 0 Å². The van der Waals surface area contributed by atoms with Crippen LogP contribution in [0.1, 0.15) is 34.1 Å². The summed E-state index contributed by atoms with van der Waals surface area (Å²) in [7, 11) is 0. The molecule has 7 heteroatoms. The predicted molar refractivity (Wildman–Crippen MR) is 65.2 cm³/mol. The van der Waals surface area contributed by atoms with Gasteiger partial charge in [0.25, 0.3) is 0 Å². The highest BCUT2D eigenvalue weighted by Gasteiger charge is 2.17. The Kier molecular flexibility index (Phi) is 7.59. The van der Waals surface area contributed by atoms with Crippen LogP contribution in [0.25, 0.3) is 0 Å². The largest absolute Gasteiger partial charge is 0.505 e. The molecule has 19 heavy (non-hydrogen) atoms. The number of carbonyl (C=O) groups is 2. The topological polar surface area (TPSA) is 91.3 Å². The first kappa shape index (κ1) is 17.2. The van der Waals surface area contributed by atoms with E-state index in [1.807, 2.05) is 20.8 Å². The summed E-state index contributed by atoms with van der Waals surface area (Å²) < 4.78 is 8.91. The molecule has 0 unspecified atom stereocenters. The van der Waals surface area contributed by atoms with E-state index in [-0.39, 0.29) is 18.8 Å². The summed E-state index contributed by atoms with van der Waals surface area (Å²) in [5.74, 6) is -0.633. The van der Waals surface area contributed by atoms with Crippen LogP contribution in [0.4, 0.5) is 4.79 Å². The summed E-state index contributed by atoms with van der Waals surface area (Å²) in [5.41, 5.74) is -0.252. The normalized spacial score (nSPS) is 11.9. The van der Waals surface area contributed by atoms with Crippen LogP contribution in [-0.2, 0) is 24.0 Å². The third-order valence-corrected chi connectivity index (χ3v) is 2.21. The first-order valence-electron chi connectivity index (χ1n) is 5.82. The van der Waals surface area contributed by atoms with Gasteiger partial charge in [-0.3, -0.25) is 0 Å². The number of rotatable bonds is 8. The molecule has 0 saturated heterocycles. The van der Waals surface area contributed by atoms with E-state index < -0.39 is 17.7 Å². The molecule has 0 radical (unpaired) electrons. The van der Waals surface area contributed by atoms with Crippen LogP contribution in [-0.4, -0.2) is 36.0 Å². The van der Waals surface area contributed by atoms with Gasteiger partial charge in [0.2, 0.25) is 0 Å². The zero-order valence-electron chi connectivity index (χ0n) is 11.6. The van der Waals surface area contributed by atoms with Crippen molar-refractivity contribution in [2.45, 2.75) is 39.7 Å². The molecule has 0 aromatic heterocycles. The molecule has 0 heterocycles. The van der Waals surface area contributed by atoms with Crippen LogP contribution in [0.2, 0.25) is 0 Å². The second kappa shape index (κ2) is 8.36. The van der Waals surface area contributed by atoms with Crippen LogP contribution >= 0.6 is 0 Å². The maximum atomic E-state index is 11.4. The number of ether oxygens (including phenoxy) is 2. The van der Waals surface area contributed by atoms with Crippen molar-refractivity contribution in [1.82, 2.24) is 0 Å². The van der Waals surface area contributed by atoms with Gasteiger partial charge in [-0.15, -0.1) is 0 Å². The second-order valence-electron chi connectivity index (χ2n) is 4.34. The average molecular weight is 276 g/mol. The fourth-order valence-corrected chi connectivity index (χ4v) is 0.711. The number of esters is 1. The summed E-state index contributed by atoms with van der Waals surface area (Å²) in [6, 6.07) is 0. The molecular weight excluding hydrogens is 256 g/mol. The average Bonchev–Trinajstić information content (AvgIpc) is 2.33. The molecular formula is C12H20O7. The first-order valence-corrected chi connectivity index (χ1v) is 5.82. The molecule has 0 amide bonds. The lowest BCUT2D eigenvalue weighted by Crippen LogP contribution is -2.22. The van der Waals surface area contributed by atoms with Crippen molar-refractivity contribution in [3.05, 3.63) is 11.8 Å². The smallest absolute Gasteiger partial charge is 0.459 e. The maximum Gasteiger partial charge on any atom is 0.505 e. The van der Waals surface area contributed by atoms with E-state index in [9.17, 15) is 9.59 Å². The van der Waals surface area contributed by atoms with Crippen LogP contribution in [0.3, 0.4) is 0 Å². The minimum Gasteiger partial charge on any atom is -0.459 e. The monoisotopic (exact) mass is 276 g/mol. The summed E-state index contributed by atoms with van der Waals surface area (Å²) in [4.78, 5) is 31.3. The van der Waals surface area contributed by atoms with Gasteiger partial charge >= 0.3 is 12.1 Å². The molecule has 1 N–H and O–H groups in total. The molecule has 0 aliphatic heterocycles. The highest BCUT2D eigenvalue weighted by atomic mass is 17.2. The van der Waals surface area contributed by atoms with E-state index in [2.05, 4.69) is 4.74 Å². The molecule has 0 atom stereocenters. The molecule has 0 aliphatic rings. The minimum absolute atomic E-state index is 0.155. The van der Waals surface area contributed by atoms with Gasteiger partial charge in [0.05, 0.1) is 5.57 Å².